The van der Waals surface area contributed by atoms with Gasteiger partial charge in [-0.05, 0) is 66.2 Å². The minimum Gasteiger partial charge on any atom is -0.344 e. The van der Waals surface area contributed by atoms with Crippen LogP contribution in [0.4, 0.5) is 5.69 Å². The Bertz CT molecular complexity index is 1440. The molecular formula is C28H24Cl3N5S. The van der Waals surface area contributed by atoms with Crippen LogP contribution < -0.4 is 5.32 Å². The van der Waals surface area contributed by atoms with Crippen molar-refractivity contribution >= 4 is 57.8 Å². The molecule has 0 atom stereocenters. The predicted molar refractivity (Wildman–Crippen MR) is 155 cm³/mol. The van der Waals surface area contributed by atoms with E-state index in [9.17, 15) is 0 Å². The Kier molecular flexibility index (Phi) is 9.07. The van der Waals surface area contributed by atoms with Crippen molar-refractivity contribution in [1.82, 2.24) is 14.5 Å². The maximum Gasteiger partial charge on any atom is 0.173 e. The van der Waals surface area contributed by atoms with Crippen molar-refractivity contribution in [2.45, 2.75) is 26.4 Å². The van der Waals surface area contributed by atoms with E-state index in [1.54, 1.807) is 6.07 Å². The first-order valence-corrected chi connectivity index (χ1v) is 13.1. The highest BCUT2D eigenvalue weighted by Gasteiger charge is 2.16. The summed E-state index contributed by atoms with van der Waals surface area (Å²) >= 11 is 24.9. The Morgan fingerprint density at radius 3 is 2.59 bits per heavy atom. The molecule has 0 aliphatic heterocycles. The normalized spacial score (nSPS) is 10.7. The molecular weight excluding hydrogens is 545 g/mol. The highest BCUT2D eigenvalue weighted by Crippen LogP contribution is 2.27. The van der Waals surface area contributed by atoms with Crippen molar-refractivity contribution in [3.8, 4) is 6.07 Å². The third-order valence-corrected chi connectivity index (χ3v) is 7.60. The molecule has 0 aliphatic carbocycles. The van der Waals surface area contributed by atoms with E-state index in [-0.39, 0.29) is 0 Å². The molecule has 0 spiro atoms. The van der Waals surface area contributed by atoms with Gasteiger partial charge in [-0.15, -0.1) is 0 Å². The first-order valence-electron chi connectivity index (χ1n) is 11.6. The average Bonchev–Trinajstić information content (AvgIpc) is 3.33. The zero-order valence-corrected chi connectivity index (χ0v) is 23.2. The molecule has 0 aliphatic rings. The summed E-state index contributed by atoms with van der Waals surface area (Å²) in [5, 5.41) is 14.6. The molecule has 0 fully saturated rings. The van der Waals surface area contributed by atoms with Gasteiger partial charge >= 0.3 is 0 Å². The lowest BCUT2D eigenvalue weighted by Crippen LogP contribution is -2.36. The summed E-state index contributed by atoms with van der Waals surface area (Å²) in [5.41, 5.74) is 5.49. The molecule has 5 nitrogen and oxygen atoms in total. The summed E-state index contributed by atoms with van der Waals surface area (Å²) in [6.07, 6.45) is 4.38. The molecule has 0 saturated heterocycles. The summed E-state index contributed by atoms with van der Waals surface area (Å²) in [6, 6.07) is 21.1. The van der Waals surface area contributed by atoms with E-state index in [2.05, 4.69) is 25.8 Å². The first kappa shape index (κ1) is 27.0. The minimum absolute atomic E-state index is 0.481. The fourth-order valence-electron chi connectivity index (χ4n) is 3.83. The molecule has 0 unspecified atom stereocenters. The Morgan fingerprint density at radius 2 is 1.86 bits per heavy atom. The predicted octanol–water partition coefficient (Wildman–Crippen LogP) is 7.51. The average molecular weight is 569 g/mol. The number of thiocarbonyl (C=S) groups is 1. The Morgan fingerprint density at radius 1 is 1.08 bits per heavy atom. The number of hydrogen-bond donors (Lipinski definition) is 1. The summed E-state index contributed by atoms with van der Waals surface area (Å²) in [7, 11) is 0. The molecule has 1 heterocycles. The van der Waals surface area contributed by atoms with Crippen molar-refractivity contribution in [2.24, 2.45) is 0 Å². The molecule has 4 aromatic rings. The lowest BCUT2D eigenvalue weighted by atomic mass is 10.1. The number of hydrogen-bond acceptors (Lipinski definition) is 3. The van der Waals surface area contributed by atoms with Gasteiger partial charge in [0.15, 0.2) is 5.11 Å². The number of aryl methyl sites for hydroxylation is 1. The fraction of sp³-hybridized carbons (Fsp3) is 0.179. The molecule has 0 saturated carbocycles. The van der Waals surface area contributed by atoms with Gasteiger partial charge in [0.05, 0.1) is 28.0 Å². The van der Waals surface area contributed by atoms with E-state index in [0.29, 0.717) is 51.8 Å². The van der Waals surface area contributed by atoms with Crippen molar-refractivity contribution in [1.29, 1.82) is 5.26 Å². The number of nitrogens with zero attached hydrogens (tertiary/aromatic N) is 4. The second kappa shape index (κ2) is 12.4. The third-order valence-electron chi connectivity index (χ3n) is 5.98. The monoisotopic (exact) mass is 567 g/mol. The standard InChI is InChI=1S/C28H24Cl3N5S/c1-19-5-10-23(13-26(19)30)34-28(37)35(17-22-3-2-4-25(29)27(22)31)12-11-24-15-33-18-36(24)16-21-8-6-20(14-32)7-9-21/h2-10,13,15,18H,11-12,16-17H2,1H3,(H,34,37). The second-order valence-corrected chi connectivity index (χ2v) is 10.2. The van der Waals surface area contributed by atoms with E-state index in [1.165, 1.54) is 0 Å². The Hall–Kier alpha value is -3.08. The molecule has 3 aromatic carbocycles. The molecule has 0 radical (unpaired) electrons. The molecule has 0 bridgehead atoms. The first-order chi connectivity index (χ1) is 17.8. The third kappa shape index (κ3) is 7.03. The van der Waals surface area contributed by atoms with Crippen LogP contribution in [0.1, 0.15) is 27.9 Å². The van der Waals surface area contributed by atoms with Gasteiger partial charge in [0.2, 0.25) is 0 Å². The molecule has 9 heteroatoms. The summed E-state index contributed by atoms with van der Waals surface area (Å²) < 4.78 is 2.10. The zero-order chi connectivity index (χ0) is 26.4. The fourth-order valence-corrected chi connectivity index (χ4v) is 4.67. The Labute approximate surface area is 237 Å². The lowest BCUT2D eigenvalue weighted by Gasteiger charge is -2.27. The number of rotatable bonds is 8. The number of halogens is 3. The zero-order valence-electron chi connectivity index (χ0n) is 20.1. The second-order valence-electron chi connectivity index (χ2n) is 8.60. The summed E-state index contributed by atoms with van der Waals surface area (Å²) in [4.78, 5) is 6.42. The van der Waals surface area contributed by atoms with Gasteiger partial charge < -0.3 is 14.8 Å². The van der Waals surface area contributed by atoms with Crippen LogP contribution in [0.5, 0.6) is 0 Å². The van der Waals surface area contributed by atoms with E-state index in [4.69, 9.17) is 52.3 Å². The van der Waals surface area contributed by atoms with Gasteiger partial charge in [-0.2, -0.15) is 5.26 Å². The smallest absolute Gasteiger partial charge is 0.173 e. The SMILES string of the molecule is Cc1ccc(NC(=S)N(CCc2cncn2Cc2ccc(C#N)cc2)Cc2cccc(Cl)c2Cl)cc1Cl. The van der Waals surface area contributed by atoms with E-state index < -0.39 is 0 Å². The Balaban J connectivity index is 1.52. The number of benzene rings is 3. The molecule has 37 heavy (non-hydrogen) atoms. The molecule has 0 amide bonds. The molecule has 1 aromatic heterocycles. The van der Waals surface area contributed by atoms with Crippen LogP contribution in [0.3, 0.4) is 0 Å². The summed E-state index contributed by atoms with van der Waals surface area (Å²) in [5.74, 6) is 0. The topological polar surface area (TPSA) is 56.9 Å². The maximum atomic E-state index is 9.05. The van der Waals surface area contributed by atoms with Crippen LogP contribution in [-0.2, 0) is 19.5 Å². The van der Waals surface area contributed by atoms with Crippen molar-refractivity contribution in [3.63, 3.8) is 0 Å². The minimum atomic E-state index is 0.481. The van der Waals surface area contributed by atoms with Gasteiger partial charge in [-0.25, -0.2) is 4.98 Å². The quantitative estimate of drug-likeness (QED) is 0.223. The number of anilines is 1. The van der Waals surface area contributed by atoms with E-state index >= 15 is 0 Å². The van der Waals surface area contributed by atoms with Gasteiger partial charge in [0.1, 0.15) is 0 Å². The lowest BCUT2D eigenvalue weighted by molar-refractivity contribution is 0.418. The summed E-state index contributed by atoms with van der Waals surface area (Å²) in [6.45, 7) is 3.71. The van der Waals surface area contributed by atoms with Crippen LogP contribution in [-0.4, -0.2) is 26.1 Å². The van der Waals surface area contributed by atoms with Crippen LogP contribution in [0.25, 0.3) is 0 Å². The van der Waals surface area contributed by atoms with Crippen molar-refractivity contribution in [2.75, 3.05) is 11.9 Å². The van der Waals surface area contributed by atoms with E-state index in [0.717, 1.165) is 28.1 Å². The van der Waals surface area contributed by atoms with Gasteiger partial charge in [-0.1, -0.05) is 65.1 Å². The van der Waals surface area contributed by atoms with Gasteiger partial charge in [0.25, 0.3) is 0 Å². The molecule has 188 valence electrons. The van der Waals surface area contributed by atoms with E-state index in [1.807, 2.05) is 74.0 Å². The van der Waals surface area contributed by atoms with Crippen LogP contribution in [0.2, 0.25) is 15.1 Å². The largest absolute Gasteiger partial charge is 0.344 e. The van der Waals surface area contributed by atoms with Crippen molar-refractivity contribution < 1.29 is 0 Å². The molecule has 1 N–H and O–H groups in total. The highest BCUT2D eigenvalue weighted by molar-refractivity contribution is 7.80. The van der Waals surface area contributed by atoms with Gasteiger partial charge in [-0.3, -0.25) is 0 Å². The maximum absolute atomic E-state index is 9.05. The van der Waals surface area contributed by atoms with Crippen LogP contribution in [0.15, 0.2) is 73.2 Å². The van der Waals surface area contributed by atoms with Gasteiger partial charge in [0, 0.05) is 48.7 Å². The number of imidazole rings is 1. The van der Waals surface area contributed by atoms with Crippen LogP contribution >= 0.6 is 47.0 Å². The van der Waals surface area contributed by atoms with Crippen molar-refractivity contribution in [3.05, 3.63) is 116 Å². The highest BCUT2D eigenvalue weighted by atomic mass is 35.5. The van der Waals surface area contributed by atoms with Crippen LogP contribution in [0, 0.1) is 18.3 Å². The molecule has 4 rings (SSSR count). The number of nitriles is 1. The number of aromatic nitrogens is 2. The number of nitrogens with one attached hydrogen (secondary N) is 1.